The first-order chi connectivity index (χ1) is 21.0. The van der Waals surface area contributed by atoms with Gasteiger partial charge in [0.15, 0.2) is 0 Å². The highest BCUT2D eigenvalue weighted by molar-refractivity contribution is 5.83. The molecule has 0 spiro atoms. The van der Waals surface area contributed by atoms with E-state index in [1.807, 2.05) is 54.5 Å². The summed E-state index contributed by atoms with van der Waals surface area (Å²) < 4.78 is 10.6. The molecular formula is C34H54N6O6. The van der Waals surface area contributed by atoms with Gasteiger partial charge in [-0.15, -0.1) is 0 Å². The average Bonchev–Trinajstić information content (AvgIpc) is 2.97. The molecule has 0 N–H and O–H groups in total. The topological polar surface area (TPSA) is 145 Å². The molecule has 4 heterocycles. The van der Waals surface area contributed by atoms with E-state index in [4.69, 9.17) is 9.47 Å². The van der Waals surface area contributed by atoms with Crippen LogP contribution in [0, 0.1) is 18.8 Å². The van der Waals surface area contributed by atoms with E-state index in [1.54, 1.807) is 35.2 Å². The zero-order chi connectivity index (χ0) is 33.6. The molecule has 12 heteroatoms. The number of hydrogen-bond acceptors (Lipinski definition) is 10. The van der Waals surface area contributed by atoms with Crippen molar-refractivity contribution >= 4 is 23.8 Å². The zero-order valence-electron chi connectivity index (χ0n) is 28.1. The third-order valence-electron chi connectivity index (χ3n) is 7.05. The minimum absolute atomic E-state index is 0. The van der Waals surface area contributed by atoms with Crippen LogP contribution in [0.5, 0.6) is 0 Å². The molecule has 0 radical (unpaired) electrons. The van der Waals surface area contributed by atoms with E-state index < -0.39 is 11.2 Å². The van der Waals surface area contributed by atoms with Gasteiger partial charge in [0, 0.05) is 62.5 Å². The third-order valence-corrected chi connectivity index (χ3v) is 7.05. The number of rotatable bonds is 4. The molecule has 2 amide bonds. The highest BCUT2D eigenvalue weighted by Crippen LogP contribution is 2.22. The molecular weight excluding hydrogens is 588 g/mol. The number of carbonyl (C=O) groups excluding carboxylic acids is 4. The number of Topliss-reactive ketones (excluding diaryl/α,β-unsaturated/α-hetero) is 2. The summed E-state index contributed by atoms with van der Waals surface area (Å²) in [7, 11) is 0. The second-order valence-corrected chi connectivity index (χ2v) is 13.3. The Morgan fingerprint density at radius 3 is 1.50 bits per heavy atom. The second kappa shape index (κ2) is 18.9. The first-order valence-electron chi connectivity index (χ1n) is 15.5. The van der Waals surface area contributed by atoms with Crippen molar-refractivity contribution in [1.82, 2.24) is 29.7 Å². The Morgan fingerprint density at radius 1 is 0.739 bits per heavy atom. The molecule has 4 rings (SSSR count). The van der Waals surface area contributed by atoms with Gasteiger partial charge in [0.25, 0.3) is 0 Å². The van der Waals surface area contributed by atoms with Gasteiger partial charge in [0.05, 0.1) is 5.69 Å². The van der Waals surface area contributed by atoms with Gasteiger partial charge >= 0.3 is 12.2 Å². The first-order valence-corrected chi connectivity index (χ1v) is 15.5. The van der Waals surface area contributed by atoms with E-state index in [1.165, 1.54) is 12.7 Å². The van der Waals surface area contributed by atoms with Crippen molar-refractivity contribution < 1.29 is 28.7 Å². The Balaban J connectivity index is 0.000000384. The molecule has 2 fully saturated rings. The van der Waals surface area contributed by atoms with Gasteiger partial charge in [-0.3, -0.25) is 9.59 Å². The van der Waals surface area contributed by atoms with Crippen LogP contribution in [0.1, 0.15) is 93.0 Å². The molecule has 0 aromatic carbocycles. The maximum Gasteiger partial charge on any atom is 0.410 e. The van der Waals surface area contributed by atoms with Crippen LogP contribution in [0.4, 0.5) is 9.59 Å². The number of carbonyl (C=O) groups is 4. The third kappa shape index (κ3) is 15.9. The standard InChI is InChI=1S/C16H23N3O3.C12H21NO3.C5H6N2.CH4/c1-16(2,3)22-15(21)19-8-5-12(6-9-19)14(20)10-13-4-7-17-11-18-13;1-9(14)10-5-7-13(8-6-10)11(15)16-12(2,3)4;1-5-2-3-6-4-7-5;/h4,7,11-12H,5-6,8-10H2,1-3H3;10H,5-8H2,1-4H3;2-4H,1H3;1H4. The molecule has 46 heavy (non-hydrogen) atoms. The summed E-state index contributed by atoms with van der Waals surface area (Å²) in [6.07, 6.45) is 9.00. The van der Waals surface area contributed by atoms with Crippen LogP contribution in [0.15, 0.2) is 37.2 Å². The van der Waals surface area contributed by atoms with Gasteiger partial charge < -0.3 is 19.3 Å². The van der Waals surface area contributed by atoms with Gasteiger partial charge in [0.1, 0.15) is 35.4 Å². The molecule has 12 nitrogen and oxygen atoms in total. The van der Waals surface area contributed by atoms with Crippen molar-refractivity contribution in [3.8, 4) is 0 Å². The lowest BCUT2D eigenvalue weighted by Gasteiger charge is -2.32. The van der Waals surface area contributed by atoms with E-state index in [0.29, 0.717) is 45.4 Å². The van der Waals surface area contributed by atoms with Crippen LogP contribution < -0.4 is 0 Å². The molecule has 0 atom stereocenters. The average molecular weight is 643 g/mol. The van der Waals surface area contributed by atoms with E-state index in [-0.39, 0.29) is 43.0 Å². The summed E-state index contributed by atoms with van der Waals surface area (Å²) in [5.41, 5.74) is 0.815. The first kappa shape index (κ1) is 40.1. The van der Waals surface area contributed by atoms with E-state index in [9.17, 15) is 19.2 Å². The van der Waals surface area contributed by atoms with Crippen LogP contribution in [0.3, 0.4) is 0 Å². The van der Waals surface area contributed by atoms with Gasteiger partial charge in [-0.2, -0.15) is 0 Å². The number of amides is 2. The van der Waals surface area contributed by atoms with Gasteiger partial charge in [-0.1, -0.05) is 7.43 Å². The molecule has 2 aromatic heterocycles. The zero-order valence-corrected chi connectivity index (χ0v) is 28.1. The van der Waals surface area contributed by atoms with E-state index in [2.05, 4.69) is 19.9 Å². The van der Waals surface area contributed by atoms with Crippen molar-refractivity contribution in [3.05, 3.63) is 48.6 Å². The summed E-state index contributed by atoms with van der Waals surface area (Å²) in [4.78, 5) is 66.0. The van der Waals surface area contributed by atoms with E-state index >= 15 is 0 Å². The smallest absolute Gasteiger partial charge is 0.410 e. The summed E-state index contributed by atoms with van der Waals surface area (Å²) in [6.45, 7) is 17.0. The number of piperidine rings is 2. The molecule has 0 aliphatic carbocycles. The van der Waals surface area contributed by atoms with Crippen LogP contribution in [0.25, 0.3) is 0 Å². The van der Waals surface area contributed by atoms with Crippen molar-refractivity contribution in [2.24, 2.45) is 11.8 Å². The molecule has 0 saturated carbocycles. The predicted octanol–water partition coefficient (Wildman–Crippen LogP) is 5.88. The number of hydrogen-bond donors (Lipinski definition) is 0. The van der Waals surface area contributed by atoms with Crippen molar-refractivity contribution in [3.63, 3.8) is 0 Å². The Kier molecular flexibility index (Phi) is 16.4. The number of aromatic nitrogens is 4. The highest BCUT2D eigenvalue weighted by Gasteiger charge is 2.30. The minimum Gasteiger partial charge on any atom is -0.444 e. The normalized spacial score (nSPS) is 15.6. The summed E-state index contributed by atoms with van der Waals surface area (Å²) in [5.74, 6) is 0.527. The quantitative estimate of drug-likeness (QED) is 0.396. The van der Waals surface area contributed by atoms with Crippen LogP contribution in [0.2, 0.25) is 0 Å². The Bertz CT molecular complexity index is 1210. The fourth-order valence-electron chi connectivity index (χ4n) is 4.61. The molecule has 0 bridgehead atoms. The van der Waals surface area contributed by atoms with Crippen LogP contribution >= 0.6 is 0 Å². The Labute approximate surface area is 274 Å². The molecule has 2 saturated heterocycles. The highest BCUT2D eigenvalue weighted by atomic mass is 16.6. The lowest BCUT2D eigenvalue weighted by atomic mass is 9.90. The van der Waals surface area contributed by atoms with Gasteiger partial charge in [-0.05, 0) is 93.2 Å². The number of likely N-dealkylation sites (tertiary alicyclic amines) is 2. The number of ether oxygens (including phenoxy) is 2. The SMILES string of the molecule is C.CC(=O)C1CCN(C(=O)OC(C)(C)C)CC1.CC(C)(C)OC(=O)N1CCC(C(=O)Cc2ccncn2)CC1.Cc1ccncn1. The fourth-order valence-corrected chi connectivity index (χ4v) is 4.61. The Morgan fingerprint density at radius 2 is 1.17 bits per heavy atom. The largest absolute Gasteiger partial charge is 0.444 e. The number of nitrogens with zero attached hydrogens (tertiary/aromatic N) is 6. The fraction of sp³-hybridized carbons (Fsp3) is 0.647. The molecule has 0 unspecified atom stereocenters. The van der Waals surface area contributed by atoms with Crippen molar-refractivity contribution in [2.75, 3.05) is 26.2 Å². The minimum atomic E-state index is -0.489. The maximum absolute atomic E-state index is 12.3. The van der Waals surface area contributed by atoms with Crippen LogP contribution in [-0.4, -0.2) is 90.9 Å². The number of ketones is 2. The monoisotopic (exact) mass is 642 g/mol. The second-order valence-electron chi connectivity index (χ2n) is 13.3. The summed E-state index contributed by atoms with van der Waals surface area (Å²) in [5, 5.41) is 0. The van der Waals surface area contributed by atoms with E-state index in [0.717, 1.165) is 24.2 Å². The molecule has 256 valence electrons. The van der Waals surface area contributed by atoms with Crippen molar-refractivity contribution in [1.29, 1.82) is 0 Å². The summed E-state index contributed by atoms with van der Waals surface area (Å²) in [6, 6.07) is 3.62. The lowest BCUT2D eigenvalue weighted by Crippen LogP contribution is -2.43. The van der Waals surface area contributed by atoms with Crippen LogP contribution in [-0.2, 0) is 25.5 Å². The van der Waals surface area contributed by atoms with Gasteiger partial charge in [0.2, 0.25) is 0 Å². The van der Waals surface area contributed by atoms with Crippen molar-refractivity contribution in [2.45, 2.75) is 106 Å². The lowest BCUT2D eigenvalue weighted by molar-refractivity contribution is -0.124. The molecule has 2 aliphatic heterocycles. The predicted molar refractivity (Wildman–Crippen MR) is 176 cm³/mol. The maximum atomic E-state index is 12.3. The molecule has 2 aromatic rings. The number of aryl methyl sites for hydroxylation is 1. The molecule has 2 aliphatic rings. The summed E-state index contributed by atoms with van der Waals surface area (Å²) >= 11 is 0. The Hall–Kier alpha value is -3.96. The van der Waals surface area contributed by atoms with Gasteiger partial charge in [-0.25, -0.2) is 29.5 Å².